The summed E-state index contributed by atoms with van der Waals surface area (Å²) in [5.74, 6) is -0.726. The van der Waals surface area contributed by atoms with Crippen molar-refractivity contribution in [3.8, 4) is 0 Å². The fraction of sp³-hybridized carbons (Fsp3) is 0.0952. The van der Waals surface area contributed by atoms with Crippen molar-refractivity contribution in [3.63, 3.8) is 0 Å². The van der Waals surface area contributed by atoms with Crippen LogP contribution in [-0.2, 0) is 13.1 Å². The van der Waals surface area contributed by atoms with Crippen LogP contribution in [-0.4, -0.2) is 22.6 Å². The van der Waals surface area contributed by atoms with Crippen LogP contribution < -0.4 is 5.32 Å². The minimum atomic E-state index is -0.498. The van der Waals surface area contributed by atoms with E-state index in [9.17, 15) is 14.4 Å². The molecule has 1 aromatic heterocycles. The highest BCUT2D eigenvalue weighted by atomic mass is 35.5. The van der Waals surface area contributed by atoms with Gasteiger partial charge in [0, 0.05) is 21.2 Å². The van der Waals surface area contributed by atoms with Crippen molar-refractivity contribution in [1.29, 1.82) is 0 Å². The molecular formula is C21H14Cl2N2O4. The van der Waals surface area contributed by atoms with E-state index >= 15 is 0 Å². The van der Waals surface area contributed by atoms with E-state index in [-0.39, 0.29) is 35.7 Å². The van der Waals surface area contributed by atoms with Crippen LogP contribution in [0.4, 0.5) is 0 Å². The van der Waals surface area contributed by atoms with E-state index < -0.39 is 11.8 Å². The lowest BCUT2D eigenvalue weighted by atomic mass is 10.1. The first-order valence-electron chi connectivity index (χ1n) is 8.69. The largest absolute Gasteiger partial charge is 0.467 e. The second kappa shape index (κ2) is 7.73. The van der Waals surface area contributed by atoms with Crippen molar-refractivity contribution in [1.82, 2.24) is 10.2 Å². The smallest absolute Gasteiger partial charge is 0.261 e. The van der Waals surface area contributed by atoms with Gasteiger partial charge in [-0.15, -0.1) is 0 Å². The molecule has 3 amide bonds. The van der Waals surface area contributed by atoms with Gasteiger partial charge in [-0.2, -0.15) is 0 Å². The molecule has 1 aliphatic heterocycles. The summed E-state index contributed by atoms with van der Waals surface area (Å²) in [6.45, 7) is 0.164. The van der Waals surface area contributed by atoms with Crippen LogP contribution in [0.2, 0.25) is 10.0 Å². The van der Waals surface area contributed by atoms with Crippen molar-refractivity contribution >= 4 is 40.9 Å². The summed E-state index contributed by atoms with van der Waals surface area (Å²) in [6, 6.07) is 12.8. The van der Waals surface area contributed by atoms with Gasteiger partial charge < -0.3 is 9.73 Å². The summed E-state index contributed by atoms with van der Waals surface area (Å²) in [6.07, 6.45) is 1.51. The number of halogens is 2. The third-order valence-corrected chi connectivity index (χ3v) is 5.32. The SMILES string of the molecule is O=C(NCc1ccco1)c1ccc2c(c1)C(=O)N(Cc1c(Cl)cccc1Cl)C2=O. The van der Waals surface area contributed by atoms with Crippen LogP contribution in [0.1, 0.15) is 42.4 Å². The molecule has 2 heterocycles. The maximum Gasteiger partial charge on any atom is 0.261 e. The molecule has 0 saturated carbocycles. The molecular weight excluding hydrogens is 415 g/mol. The summed E-state index contributed by atoms with van der Waals surface area (Å²) in [7, 11) is 0. The molecule has 29 heavy (non-hydrogen) atoms. The number of fused-ring (bicyclic) bond motifs is 1. The van der Waals surface area contributed by atoms with Crippen LogP contribution in [0.25, 0.3) is 0 Å². The first kappa shape index (κ1) is 19.2. The Morgan fingerprint density at radius 1 is 0.966 bits per heavy atom. The number of nitrogens with one attached hydrogen (secondary N) is 1. The predicted octanol–water partition coefficient (Wildman–Crippen LogP) is 4.31. The summed E-state index contributed by atoms with van der Waals surface area (Å²) >= 11 is 12.3. The molecule has 0 fully saturated rings. The Morgan fingerprint density at radius 2 is 1.69 bits per heavy atom. The lowest BCUT2D eigenvalue weighted by Gasteiger charge is -2.15. The lowest BCUT2D eigenvalue weighted by molar-refractivity contribution is 0.0642. The molecule has 8 heteroatoms. The maximum absolute atomic E-state index is 12.8. The van der Waals surface area contributed by atoms with E-state index in [0.717, 1.165) is 4.90 Å². The fourth-order valence-electron chi connectivity index (χ4n) is 3.10. The summed E-state index contributed by atoms with van der Waals surface area (Å²) in [5, 5.41) is 3.44. The molecule has 2 aromatic carbocycles. The number of furan rings is 1. The standard InChI is InChI=1S/C21H14Cl2N2O4/c22-17-4-1-5-18(23)16(17)11-25-20(27)14-7-6-12(9-15(14)21(25)28)19(26)24-10-13-3-2-8-29-13/h1-9H,10-11H2,(H,24,26). The van der Waals surface area contributed by atoms with Crippen molar-refractivity contribution in [2.45, 2.75) is 13.1 Å². The molecule has 1 N–H and O–H groups in total. The Morgan fingerprint density at radius 3 is 2.38 bits per heavy atom. The highest BCUT2D eigenvalue weighted by molar-refractivity contribution is 6.36. The zero-order valence-electron chi connectivity index (χ0n) is 14.9. The van der Waals surface area contributed by atoms with Crippen LogP contribution in [0.15, 0.2) is 59.2 Å². The van der Waals surface area contributed by atoms with Gasteiger partial charge in [0.1, 0.15) is 5.76 Å². The second-order valence-corrected chi connectivity index (χ2v) is 7.23. The molecule has 146 valence electrons. The minimum Gasteiger partial charge on any atom is -0.467 e. The highest BCUT2D eigenvalue weighted by Crippen LogP contribution is 2.30. The summed E-state index contributed by atoms with van der Waals surface area (Å²) in [5.41, 5.74) is 1.17. The molecule has 4 rings (SSSR count). The normalized spacial score (nSPS) is 13.0. The quantitative estimate of drug-likeness (QED) is 0.613. The van der Waals surface area contributed by atoms with Gasteiger partial charge in [0.15, 0.2) is 0 Å². The predicted molar refractivity (Wildman–Crippen MR) is 107 cm³/mol. The number of rotatable bonds is 5. The molecule has 0 bridgehead atoms. The number of benzene rings is 2. The van der Waals surface area contributed by atoms with Crippen LogP contribution in [0.5, 0.6) is 0 Å². The van der Waals surface area contributed by atoms with Gasteiger partial charge in [-0.25, -0.2) is 0 Å². The number of amides is 3. The van der Waals surface area contributed by atoms with Crippen LogP contribution in [0.3, 0.4) is 0 Å². The average molecular weight is 429 g/mol. The zero-order valence-corrected chi connectivity index (χ0v) is 16.5. The Bertz CT molecular complexity index is 1110. The van der Waals surface area contributed by atoms with E-state index in [1.807, 2.05) is 0 Å². The van der Waals surface area contributed by atoms with Gasteiger partial charge in [0.05, 0.1) is 30.5 Å². The van der Waals surface area contributed by atoms with Crippen molar-refractivity contribution in [3.05, 3.63) is 92.9 Å². The minimum absolute atomic E-state index is 0.0507. The second-order valence-electron chi connectivity index (χ2n) is 6.42. The molecule has 3 aromatic rings. The van der Waals surface area contributed by atoms with E-state index in [1.165, 1.54) is 24.5 Å². The number of carbonyl (C=O) groups excluding carboxylic acids is 3. The van der Waals surface area contributed by atoms with E-state index in [2.05, 4.69) is 5.32 Å². The Hall–Kier alpha value is -3.09. The molecule has 0 atom stereocenters. The van der Waals surface area contributed by atoms with E-state index in [0.29, 0.717) is 21.4 Å². The van der Waals surface area contributed by atoms with Crippen molar-refractivity contribution < 1.29 is 18.8 Å². The lowest BCUT2D eigenvalue weighted by Crippen LogP contribution is -2.29. The number of carbonyl (C=O) groups is 3. The topological polar surface area (TPSA) is 79.6 Å². The van der Waals surface area contributed by atoms with Gasteiger partial charge in [-0.3, -0.25) is 19.3 Å². The Balaban J connectivity index is 1.55. The molecule has 0 spiro atoms. The first-order chi connectivity index (χ1) is 14.0. The number of hydrogen-bond acceptors (Lipinski definition) is 4. The number of nitrogens with zero attached hydrogens (tertiary/aromatic N) is 1. The van der Waals surface area contributed by atoms with Gasteiger partial charge in [0.25, 0.3) is 17.7 Å². The zero-order chi connectivity index (χ0) is 20.5. The first-order valence-corrected chi connectivity index (χ1v) is 9.45. The van der Waals surface area contributed by atoms with E-state index in [4.69, 9.17) is 27.6 Å². The monoisotopic (exact) mass is 428 g/mol. The maximum atomic E-state index is 12.8. The van der Waals surface area contributed by atoms with Crippen LogP contribution in [0, 0.1) is 0 Å². The summed E-state index contributed by atoms with van der Waals surface area (Å²) < 4.78 is 5.17. The Kier molecular flexibility index (Phi) is 5.13. The van der Waals surface area contributed by atoms with Gasteiger partial charge in [-0.1, -0.05) is 29.3 Å². The molecule has 0 unspecified atom stereocenters. The molecule has 0 radical (unpaired) electrons. The highest BCUT2D eigenvalue weighted by Gasteiger charge is 2.36. The number of hydrogen-bond donors (Lipinski definition) is 1. The van der Waals surface area contributed by atoms with Crippen molar-refractivity contribution in [2.75, 3.05) is 0 Å². The fourth-order valence-corrected chi connectivity index (χ4v) is 3.62. The average Bonchev–Trinajstić information content (AvgIpc) is 3.31. The Labute approximate surface area is 176 Å². The van der Waals surface area contributed by atoms with Crippen LogP contribution >= 0.6 is 23.2 Å². The van der Waals surface area contributed by atoms with Gasteiger partial charge in [-0.05, 0) is 42.5 Å². The molecule has 1 aliphatic rings. The van der Waals surface area contributed by atoms with Gasteiger partial charge >= 0.3 is 0 Å². The molecule has 6 nitrogen and oxygen atoms in total. The number of imide groups is 1. The summed E-state index contributed by atoms with van der Waals surface area (Å²) in [4.78, 5) is 39.0. The molecule has 0 saturated heterocycles. The third-order valence-electron chi connectivity index (χ3n) is 4.61. The van der Waals surface area contributed by atoms with E-state index in [1.54, 1.807) is 30.3 Å². The third kappa shape index (κ3) is 3.64. The molecule has 0 aliphatic carbocycles. The van der Waals surface area contributed by atoms with Gasteiger partial charge in [0.2, 0.25) is 0 Å². The van der Waals surface area contributed by atoms with Crippen molar-refractivity contribution in [2.24, 2.45) is 0 Å².